The third-order valence-corrected chi connectivity index (χ3v) is 17.1. The molecule has 0 aliphatic carbocycles. The summed E-state index contributed by atoms with van der Waals surface area (Å²) in [4.78, 5) is 0. The Balaban J connectivity index is 2.29. The third-order valence-electron chi connectivity index (χ3n) is 3.09. The first kappa shape index (κ1) is 19.7. The van der Waals surface area contributed by atoms with Gasteiger partial charge in [0.05, 0.1) is 13.2 Å². The van der Waals surface area contributed by atoms with Crippen LogP contribution >= 0.6 is 0 Å². The molecule has 0 aromatic rings. The summed E-state index contributed by atoms with van der Waals surface area (Å²) >= 11 is 0. The topological polar surface area (TPSA) is 55.4 Å². The molecular formula is C11H30O6Si4. The summed E-state index contributed by atoms with van der Waals surface area (Å²) in [5, 5.41) is 0. The van der Waals surface area contributed by atoms with Crippen molar-refractivity contribution in [1.29, 1.82) is 0 Å². The van der Waals surface area contributed by atoms with E-state index in [2.05, 4.69) is 26.2 Å². The molecule has 1 rings (SSSR count). The molecule has 0 amide bonds. The van der Waals surface area contributed by atoms with Crippen LogP contribution in [0.2, 0.25) is 32.2 Å². The first-order chi connectivity index (χ1) is 9.95. The van der Waals surface area contributed by atoms with Crippen LogP contribution in [0.4, 0.5) is 0 Å². The molecule has 0 radical (unpaired) electrons. The minimum Gasteiger partial charge on any atom is -0.420 e. The van der Waals surface area contributed by atoms with Crippen molar-refractivity contribution in [2.45, 2.75) is 45.6 Å². The van der Waals surface area contributed by atoms with Gasteiger partial charge in [-0.3, -0.25) is 0 Å². The molecule has 6 nitrogen and oxygen atoms in total. The average Bonchev–Trinajstić information content (AvgIpc) is 2.35. The lowest BCUT2D eigenvalue weighted by atomic mass is 10.5. The summed E-state index contributed by atoms with van der Waals surface area (Å²) in [6.45, 7) is 13.1. The highest BCUT2D eigenvalue weighted by molar-refractivity contribution is 6.81. The van der Waals surface area contributed by atoms with E-state index in [9.17, 15) is 0 Å². The first-order valence-electron chi connectivity index (χ1n) is 7.77. The quantitative estimate of drug-likeness (QED) is 0.472. The van der Waals surface area contributed by atoms with Gasteiger partial charge in [0.1, 0.15) is 0 Å². The number of rotatable bonds is 8. The summed E-state index contributed by atoms with van der Waals surface area (Å²) in [6.07, 6.45) is 0.948. The van der Waals surface area contributed by atoms with Gasteiger partial charge in [-0.05, 0) is 45.6 Å². The van der Waals surface area contributed by atoms with Crippen LogP contribution in [-0.2, 0) is 25.9 Å². The molecule has 0 saturated carbocycles. The average molecular weight is 371 g/mol. The predicted octanol–water partition coefficient (Wildman–Crippen LogP) is 1.13. The minimum absolute atomic E-state index is 0.652. The Labute approximate surface area is 134 Å². The summed E-state index contributed by atoms with van der Waals surface area (Å²) in [5.41, 5.74) is 0. The number of ether oxygens (including phenoxy) is 2. The van der Waals surface area contributed by atoms with Crippen molar-refractivity contribution in [2.24, 2.45) is 0 Å². The Morgan fingerprint density at radius 1 is 0.857 bits per heavy atom. The van der Waals surface area contributed by atoms with Gasteiger partial charge in [0.15, 0.2) is 0 Å². The van der Waals surface area contributed by atoms with Crippen LogP contribution in [0, 0.1) is 0 Å². The van der Waals surface area contributed by atoms with E-state index in [1.54, 1.807) is 0 Å². The monoisotopic (exact) mass is 370 g/mol. The molecule has 2 atom stereocenters. The predicted molar refractivity (Wildman–Crippen MR) is 91.7 cm³/mol. The van der Waals surface area contributed by atoms with Gasteiger partial charge in [-0.25, -0.2) is 0 Å². The minimum atomic E-state index is -2.17. The molecule has 0 aromatic carbocycles. The summed E-state index contributed by atoms with van der Waals surface area (Å²) in [7, 11) is -6.94. The zero-order chi connectivity index (χ0) is 15.7. The summed E-state index contributed by atoms with van der Waals surface area (Å²) in [5.74, 6) is 0. The molecular weight excluding hydrogens is 340 g/mol. The lowest BCUT2D eigenvalue weighted by molar-refractivity contribution is 0.0526. The second kappa shape index (κ2) is 10.4. The van der Waals surface area contributed by atoms with Gasteiger partial charge in [-0.1, -0.05) is 0 Å². The first-order valence-corrected chi connectivity index (χ1v) is 16.6. The van der Waals surface area contributed by atoms with Gasteiger partial charge in [0.25, 0.3) is 27.9 Å². The highest BCUT2D eigenvalue weighted by atomic mass is 28.5. The standard InChI is InChI=1S/C11H30O6Si4/c1-6-12-9-10-13-8-7-11-21(5)16-19(3)14-18(2)15-20(4)17-21/h18-20H,6-11H2,1-5H3. The van der Waals surface area contributed by atoms with Crippen molar-refractivity contribution < 1.29 is 25.9 Å². The van der Waals surface area contributed by atoms with Gasteiger partial charge >= 0.3 is 8.56 Å². The van der Waals surface area contributed by atoms with Gasteiger partial charge in [-0.2, -0.15) is 0 Å². The maximum absolute atomic E-state index is 6.21. The Bertz CT molecular complexity index is 271. The summed E-state index contributed by atoms with van der Waals surface area (Å²) < 4.78 is 35.0. The fraction of sp³-hybridized carbons (Fsp3) is 1.00. The van der Waals surface area contributed by atoms with Gasteiger partial charge in [-0.15, -0.1) is 0 Å². The smallest absolute Gasteiger partial charge is 0.317 e. The molecule has 1 aliphatic rings. The fourth-order valence-electron chi connectivity index (χ4n) is 2.33. The van der Waals surface area contributed by atoms with E-state index in [0.29, 0.717) is 13.2 Å². The summed E-state index contributed by atoms with van der Waals surface area (Å²) in [6, 6.07) is 0.930. The van der Waals surface area contributed by atoms with Crippen LogP contribution in [0.5, 0.6) is 0 Å². The second-order valence-corrected chi connectivity index (χ2v) is 15.5. The Hall–Kier alpha value is 0.628. The van der Waals surface area contributed by atoms with Crippen molar-refractivity contribution >= 4 is 36.4 Å². The van der Waals surface area contributed by atoms with Crippen LogP contribution in [0.3, 0.4) is 0 Å². The molecule has 0 aromatic heterocycles. The second-order valence-electron chi connectivity index (χ2n) is 5.26. The molecule has 1 fully saturated rings. The normalized spacial score (nSPS) is 34.4. The van der Waals surface area contributed by atoms with Crippen molar-refractivity contribution in [2.75, 3.05) is 26.4 Å². The molecule has 10 heteroatoms. The molecule has 1 heterocycles. The zero-order valence-electron chi connectivity index (χ0n) is 13.9. The third kappa shape index (κ3) is 8.73. The molecule has 21 heavy (non-hydrogen) atoms. The van der Waals surface area contributed by atoms with E-state index < -0.39 is 36.4 Å². The zero-order valence-corrected chi connectivity index (χ0v) is 18.4. The van der Waals surface area contributed by atoms with E-state index in [-0.39, 0.29) is 0 Å². The Kier molecular flexibility index (Phi) is 9.75. The van der Waals surface area contributed by atoms with E-state index in [4.69, 9.17) is 25.9 Å². The van der Waals surface area contributed by atoms with E-state index >= 15 is 0 Å². The molecule has 1 saturated heterocycles. The lowest BCUT2D eigenvalue weighted by Crippen LogP contribution is -2.53. The van der Waals surface area contributed by atoms with Gasteiger partial charge in [0.2, 0.25) is 0 Å². The maximum Gasteiger partial charge on any atom is 0.317 e. The van der Waals surface area contributed by atoms with E-state index in [0.717, 1.165) is 25.7 Å². The Morgan fingerprint density at radius 2 is 1.43 bits per heavy atom. The van der Waals surface area contributed by atoms with Gasteiger partial charge in [0, 0.05) is 13.2 Å². The van der Waals surface area contributed by atoms with Gasteiger partial charge < -0.3 is 25.9 Å². The van der Waals surface area contributed by atoms with Crippen molar-refractivity contribution in [3.8, 4) is 0 Å². The molecule has 126 valence electrons. The van der Waals surface area contributed by atoms with E-state index in [1.165, 1.54) is 0 Å². The van der Waals surface area contributed by atoms with Crippen LogP contribution in [0.25, 0.3) is 0 Å². The number of hydrogen-bond acceptors (Lipinski definition) is 6. The molecule has 0 bridgehead atoms. The molecule has 2 unspecified atom stereocenters. The van der Waals surface area contributed by atoms with Crippen LogP contribution < -0.4 is 0 Å². The Morgan fingerprint density at radius 3 is 2.00 bits per heavy atom. The van der Waals surface area contributed by atoms with Crippen molar-refractivity contribution in [3.63, 3.8) is 0 Å². The highest BCUT2D eigenvalue weighted by Crippen LogP contribution is 2.21. The van der Waals surface area contributed by atoms with Crippen molar-refractivity contribution in [3.05, 3.63) is 0 Å². The largest absolute Gasteiger partial charge is 0.420 e. The van der Waals surface area contributed by atoms with Crippen molar-refractivity contribution in [1.82, 2.24) is 0 Å². The number of hydrogen-bond donors (Lipinski definition) is 0. The SMILES string of the molecule is CCOCCOCCC[Si]1(C)O[SiH](C)O[SiH](C)O[SiH](C)O1. The molecule has 0 N–H and O–H groups in total. The highest BCUT2D eigenvalue weighted by Gasteiger charge is 2.38. The fourth-order valence-corrected chi connectivity index (χ4v) is 17.0. The van der Waals surface area contributed by atoms with Crippen LogP contribution in [0.15, 0.2) is 0 Å². The van der Waals surface area contributed by atoms with E-state index in [1.807, 2.05) is 6.92 Å². The van der Waals surface area contributed by atoms with Crippen LogP contribution in [0.1, 0.15) is 13.3 Å². The lowest BCUT2D eigenvalue weighted by Gasteiger charge is -2.37. The molecule has 0 spiro atoms. The van der Waals surface area contributed by atoms with Crippen LogP contribution in [-0.4, -0.2) is 62.8 Å². The molecule has 1 aliphatic heterocycles. The maximum atomic E-state index is 6.21.